The van der Waals surface area contributed by atoms with E-state index >= 15 is 0 Å². The molecule has 1 heterocycles. The summed E-state index contributed by atoms with van der Waals surface area (Å²) in [5.74, 6) is 0. The Balaban J connectivity index is 2.31. The Morgan fingerprint density at radius 1 is 0.769 bits per heavy atom. The molecule has 2 aromatic carbocycles. The van der Waals surface area contributed by atoms with Crippen molar-refractivity contribution in [3.05, 3.63) is 52.1 Å². The van der Waals surface area contributed by atoms with Gasteiger partial charge in [0.05, 0.1) is 5.69 Å². The molecule has 2 heteroatoms. The Kier molecular flexibility index (Phi) is 4.99. The lowest BCUT2D eigenvalue weighted by atomic mass is 9.73. The van der Waals surface area contributed by atoms with Gasteiger partial charge in [-0.2, -0.15) is 0 Å². The van der Waals surface area contributed by atoms with E-state index in [1.807, 2.05) is 0 Å². The summed E-state index contributed by atoms with van der Waals surface area (Å²) >= 11 is 0. The fourth-order valence-corrected chi connectivity index (χ4v) is 7.74. The molecule has 1 N–H and O–H groups in total. The Morgan fingerprint density at radius 2 is 1.27 bits per heavy atom. The molecule has 2 aromatic rings. The maximum absolute atomic E-state index is 3.89. The van der Waals surface area contributed by atoms with Crippen LogP contribution >= 0.6 is 7.92 Å². The molecule has 0 bridgehead atoms. The van der Waals surface area contributed by atoms with Crippen molar-refractivity contribution in [1.82, 2.24) is 0 Å². The van der Waals surface area contributed by atoms with Crippen LogP contribution in [0.4, 0.5) is 11.4 Å². The van der Waals surface area contributed by atoms with Gasteiger partial charge in [-0.05, 0) is 54.8 Å². The van der Waals surface area contributed by atoms with E-state index in [2.05, 4.69) is 91.9 Å². The quantitative estimate of drug-likeness (QED) is 0.581. The molecule has 0 saturated carbocycles. The number of fused-ring (bicyclic) bond motifs is 2. The van der Waals surface area contributed by atoms with Crippen LogP contribution in [0.5, 0.6) is 0 Å². The van der Waals surface area contributed by atoms with Crippen LogP contribution in [0, 0.1) is 20.8 Å². The largest absolute Gasteiger partial charge is 0.354 e. The van der Waals surface area contributed by atoms with Gasteiger partial charge in [0.2, 0.25) is 0 Å². The summed E-state index contributed by atoms with van der Waals surface area (Å²) in [6.45, 7) is 21.0. The zero-order valence-electron chi connectivity index (χ0n) is 17.9. The van der Waals surface area contributed by atoms with Gasteiger partial charge in [-0.15, -0.1) is 0 Å². The number of benzene rings is 2. The predicted octanol–water partition coefficient (Wildman–Crippen LogP) is 6.92. The average molecular weight is 368 g/mol. The van der Waals surface area contributed by atoms with E-state index < -0.39 is 0 Å². The molecule has 1 aliphatic heterocycles. The van der Waals surface area contributed by atoms with Crippen LogP contribution in [0.2, 0.25) is 0 Å². The Morgan fingerprint density at radius 3 is 1.81 bits per heavy atom. The maximum atomic E-state index is 3.89. The van der Waals surface area contributed by atoms with Crippen LogP contribution in [-0.2, 0) is 5.41 Å². The van der Waals surface area contributed by atoms with Gasteiger partial charge in [-0.25, -0.2) is 0 Å². The lowest BCUT2D eigenvalue weighted by molar-refractivity contribution is 0.636. The molecule has 1 aliphatic rings. The predicted molar refractivity (Wildman–Crippen MR) is 119 cm³/mol. The molecule has 0 spiro atoms. The van der Waals surface area contributed by atoms with Crippen molar-refractivity contribution in [2.45, 2.75) is 79.0 Å². The Hall–Kier alpha value is -1.33. The first kappa shape index (κ1) is 19.4. The van der Waals surface area contributed by atoms with Crippen molar-refractivity contribution in [3.8, 4) is 0 Å². The molecular formula is C24H34NP. The molecule has 0 amide bonds. The normalized spacial score (nSPS) is 15.2. The van der Waals surface area contributed by atoms with E-state index in [1.54, 1.807) is 5.30 Å². The minimum atomic E-state index is -0.214. The highest BCUT2D eigenvalue weighted by Gasteiger charge is 2.36. The first-order valence-corrected chi connectivity index (χ1v) is 11.3. The minimum Gasteiger partial charge on any atom is -0.354 e. The van der Waals surface area contributed by atoms with Crippen molar-refractivity contribution in [2.24, 2.45) is 0 Å². The fourth-order valence-electron chi connectivity index (χ4n) is 4.64. The molecule has 140 valence electrons. The highest BCUT2D eigenvalue weighted by molar-refractivity contribution is 7.67. The van der Waals surface area contributed by atoms with Gasteiger partial charge in [-0.1, -0.05) is 78.8 Å². The van der Waals surface area contributed by atoms with E-state index in [1.165, 1.54) is 39.2 Å². The van der Waals surface area contributed by atoms with Crippen LogP contribution in [-0.4, -0.2) is 11.3 Å². The second-order valence-corrected chi connectivity index (χ2v) is 12.4. The van der Waals surface area contributed by atoms with Crippen molar-refractivity contribution in [1.29, 1.82) is 0 Å². The third-order valence-electron chi connectivity index (χ3n) is 5.73. The molecule has 0 aliphatic carbocycles. The van der Waals surface area contributed by atoms with Crippen LogP contribution in [0.3, 0.4) is 0 Å². The molecule has 0 unspecified atom stereocenters. The SMILES string of the molecule is Cc1cc(C)c2c(c1)C(C)(C)c1cc(C)cc(P(C(C)C)C(C)C)c1N2. The van der Waals surface area contributed by atoms with Crippen LogP contribution in [0.25, 0.3) is 0 Å². The molecule has 0 fully saturated rings. The zero-order chi connectivity index (χ0) is 19.4. The molecule has 3 rings (SSSR count). The summed E-state index contributed by atoms with van der Waals surface area (Å²) in [5, 5.41) is 5.45. The van der Waals surface area contributed by atoms with Crippen LogP contribution in [0.15, 0.2) is 24.3 Å². The summed E-state index contributed by atoms with van der Waals surface area (Å²) in [4.78, 5) is 0. The number of aryl methyl sites for hydroxylation is 3. The van der Waals surface area contributed by atoms with E-state index in [0.29, 0.717) is 11.3 Å². The molecule has 0 radical (unpaired) electrons. The second kappa shape index (κ2) is 6.68. The highest BCUT2D eigenvalue weighted by Crippen LogP contribution is 2.52. The van der Waals surface area contributed by atoms with Crippen LogP contribution in [0.1, 0.15) is 69.4 Å². The van der Waals surface area contributed by atoms with Gasteiger partial charge in [-0.3, -0.25) is 0 Å². The topological polar surface area (TPSA) is 12.0 Å². The van der Waals surface area contributed by atoms with E-state index in [4.69, 9.17) is 0 Å². The number of anilines is 2. The molecule has 26 heavy (non-hydrogen) atoms. The zero-order valence-corrected chi connectivity index (χ0v) is 18.8. The first-order chi connectivity index (χ1) is 12.0. The summed E-state index contributed by atoms with van der Waals surface area (Å²) in [6, 6.07) is 9.52. The summed E-state index contributed by atoms with van der Waals surface area (Å²) < 4.78 is 0. The molecule has 0 saturated heterocycles. The summed E-state index contributed by atoms with van der Waals surface area (Å²) in [6.07, 6.45) is 0. The Labute approximate surface area is 161 Å². The van der Waals surface area contributed by atoms with Gasteiger partial charge in [0.25, 0.3) is 0 Å². The minimum absolute atomic E-state index is 0.0163. The van der Waals surface area contributed by atoms with Crippen molar-refractivity contribution in [3.63, 3.8) is 0 Å². The van der Waals surface area contributed by atoms with Gasteiger partial charge < -0.3 is 5.32 Å². The molecular weight excluding hydrogens is 333 g/mol. The number of nitrogens with one attached hydrogen (secondary N) is 1. The number of hydrogen-bond acceptors (Lipinski definition) is 1. The monoisotopic (exact) mass is 367 g/mol. The van der Waals surface area contributed by atoms with E-state index in [0.717, 1.165) is 0 Å². The fraction of sp³-hybridized carbons (Fsp3) is 0.500. The van der Waals surface area contributed by atoms with Gasteiger partial charge in [0.1, 0.15) is 0 Å². The first-order valence-electron chi connectivity index (χ1n) is 9.86. The third-order valence-corrected chi connectivity index (χ3v) is 8.86. The smallest absolute Gasteiger partial charge is 0.0504 e. The van der Waals surface area contributed by atoms with E-state index in [-0.39, 0.29) is 13.3 Å². The Bertz CT molecular complexity index is 838. The molecule has 0 atom stereocenters. The second-order valence-electron chi connectivity index (χ2n) is 9.06. The van der Waals surface area contributed by atoms with Crippen LogP contribution < -0.4 is 10.6 Å². The molecule has 1 nitrogen and oxygen atoms in total. The van der Waals surface area contributed by atoms with Crippen molar-refractivity contribution < 1.29 is 0 Å². The van der Waals surface area contributed by atoms with Crippen molar-refractivity contribution >= 4 is 24.6 Å². The average Bonchev–Trinajstić information content (AvgIpc) is 2.49. The number of hydrogen-bond donors (Lipinski definition) is 1. The van der Waals surface area contributed by atoms with Gasteiger partial charge >= 0.3 is 0 Å². The van der Waals surface area contributed by atoms with Gasteiger partial charge in [0, 0.05) is 16.4 Å². The number of rotatable bonds is 3. The highest BCUT2D eigenvalue weighted by atomic mass is 31.1. The third kappa shape index (κ3) is 3.09. The standard InChI is InChI=1S/C24H34NP/c1-14(2)26(15(3)4)21-13-17(6)12-20-23(21)25-22-18(7)10-16(5)11-19(22)24(20,8)9/h10-15,25H,1-9H3. The summed E-state index contributed by atoms with van der Waals surface area (Å²) in [7, 11) is -0.214. The van der Waals surface area contributed by atoms with Gasteiger partial charge in [0.15, 0.2) is 0 Å². The lowest BCUT2D eigenvalue weighted by Crippen LogP contribution is -2.31. The molecule has 0 aromatic heterocycles. The van der Waals surface area contributed by atoms with E-state index in [9.17, 15) is 0 Å². The lowest BCUT2D eigenvalue weighted by Gasteiger charge is -2.40. The maximum Gasteiger partial charge on any atom is 0.0504 e. The summed E-state index contributed by atoms with van der Waals surface area (Å²) in [5.41, 5.74) is 11.0. The van der Waals surface area contributed by atoms with Crippen molar-refractivity contribution in [2.75, 3.05) is 5.32 Å².